The zero-order valence-corrected chi connectivity index (χ0v) is 17.7. The standard InChI is InChI=1S/C26H22O3S/c1-19-3-7-21(8-4-19)11-17-25(27)29-23-13-15-24(16-14-23)30-26(28)18-12-22-9-5-20(2)6-10-22/h3-18H,1-2H3/b17-11+,18-12+. The number of benzene rings is 3. The van der Waals surface area contributed by atoms with Crippen LogP contribution in [0, 0.1) is 13.8 Å². The summed E-state index contributed by atoms with van der Waals surface area (Å²) in [6.07, 6.45) is 6.46. The van der Waals surface area contributed by atoms with Crippen LogP contribution in [-0.2, 0) is 9.59 Å². The van der Waals surface area contributed by atoms with Gasteiger partial charge >= 0.3 is 5.97 Å². The normalized spacial score (nSPS) is 11.1. The van der Waals surface area contributed by atoms with Crippen molar-refractivity contribution in [1.82, 2.24) is 0 Å². The van der Waals surface area contributed by atoms with Gasteiger partial charge in [-0.1, -0.05) is 65.7 Å². The van der Waals surface area contributed by atoms with E-state index in [1.165, 1.54) is 11.6 Å². The van der Waals surface area contributed by atoms with Crippen LogP contribution in [0.5, 0.6) is 5.75 Å². The summed E-state index contributed by atoms with van der Waals surface area (Å²) in [7, 11) is 0. The van der Waals surface area contributed by atoms with Crippen LogP contribution in [0.1, 0.15) is 22.3 Å². The van der Waals surface area contributed by atoms with E-state index in [0.717, 1.165) is 33.3 Å². The van der Waals surface area contributed by atoms with E-state index in [1.54, 1.807) is 42.5 Å². The first kappa shape index (κ1) is 21.3. The number of esters is 1. The van der Waals surface area contributed by atoms with E-state index < -0.39 is 5.97 Å². The predicted octanol–water partition coefficient (Wildman–Crippen LogP) is 6.25. The molecule has 0 radical (unpaired) electrons. The summed E-state index contributed by atoms with van der Waals surface area (Å²) in [6, 6.07) is 22.7. The maximum Gasteiger partial charge on any atom is 0.336 e. The Balaban J connectivity index is 1.51. The summed E-state index contributed by atoms with van der Waals surface area (Å²) >= 11 is 1.12. The highest BCUT2D eigenvalue weighted by molar-refractivity contribution is 8.14. The minimum absolute atomic E-state index is 0.0682. The third-order valence-electron chi connectivity index (χ3n) is 4.24. The Labute approximate surface area is 181 Å². The molecule has 0 aliphatic carbocycles. The van der Waals surface area contributed by atoms with Crippen molar-refractivity contribution in [3.05, 3.63) is 107 Å². The van der Waals surface area contributed by atoms with Gasteiger partial charge in [0.15, 0.2) is 0 Å². The van der Waals surface area contributed by atoms with Crippen molar-refractivity contribution in [1.29, 1.82) is 0 Å². The van der Waals surface area contributed by atoms with E-state index >= 15 is 0 Å². The molecule has 3 aromatic rings. The molecule has 0 saturated carbocycles. The first-order chi connectivity index (χ1) is 14.5. The van der Waals surface area contributed by atoms with Gasteiger partial charge in [-0.2, -0.15) is 0 Å². The molecule has 0 saturated heterocycles. The number of ether oxygens (including phenoxy) is 1. The van der Waals surface area contributed by atoms with Crippen molar-refractivity contribution in [2.24, 2.45) is 0 Å². The van der Waals surface area contributed by atoms with Gasteiger partial charge < -0.3 is 4.74 Å². The molecule has 0 atom stereocenters. The zero-order chi connectivity index (χ0) is 21.3. The maximum absolute atomic E-state index is 12.1. The Morgan fingerprint density at radius 3 is 1.73 bits per heavy atom. The summed E-state index contributed by atoms with van der Waals surface area (Å²) < 4.78 is 5.30. The largest absolute Gasteiger partial charge is 0.423 e. The van der Waals surface area contributed by atoms with Gasteiger partial charge in [-0.25, -0.2) is 4.79 Å². The van der Waals surface area contributed by atoms with E-state index in [-0.39, 0.29) is 5.12 Å². The van der Waals surface area contributed by atoms with Gasteiger partial charge in [0.05, 0.1) is 0 Å². The van der Waals surface area contributed by atoms with E-state index in [9.17, 15) is 9.59 Å². The van der Waals surface area contributed by atoms with Crippen molar-refractivity contribution in [3.8, 4) is 5.75 Å². The Morgan fingerprint density at radius 2 is 1.20 bits per heavy atom. The summed E-state index contributed by atoms with van der Waals surface area (Å²) in [4.78, 5) is 24.9. The Morgan fingerprint density at radius 1 is 0.700 bits per heavy atom. The Bertz CT molecular complexity index is 972. The molecule has 0 N–H and O–H groups in total. The Kier molecular flexibility index (Phi) is 7.41. The van der Waals surface area contributed by atoms with Crippen LogP contribution in [0.4, 0.5) is 0 Å². The molecule has 3 nitrogen and oxygen atoms in total. The zero-order valence-electron chi connectivity index (χ0n) is 16.9. The summed E-state index contributed by atoms with van der Waals surface area (Å²) in [5, 5.41) is -0.0682. The maximum atomic E-state index is 12.1. The Hall–Kier alpha value is -3.37. The average Bonchev–Trinajstić information content (AvgIpc) is 2.74. The third-order valence-corrected chi connectivity index (χ3v) is 5.08. The summed E-state index contributed by atoms with van der Waals surface area (Å²) in [5.74, 6) is -0.0198. The van der Waals surface area contributed by atoms with Gasteiger partial charge in [-0.15, -0.1) is 0 Å². The molecular weight excluding hydrogens is 392 g/mol. The number of carbonyl (C=O) groups excluding carboxylic acids is 2. The van der Waals surface area contributed by atoms with Crippen molar-refractivity contribution < 1.29 is 14.3 Å². The smallest absolute Gasteiger partial charge is 0.336 e. The molecular formula is C26H22O3S. The fraction of sp³-hybridized carbons (Fsp3) is 0.0769. The van der Waals surface area contributed by atoms with Gasteiger partial charge in [-0.05, 0) is 73.2 Å². The molecule has 0 heterocycles. The van der Waals surface area contributed by atoms with Crippen LogP contribution < -0.4 is 4.74 Å². The van der Waals surface area contributed by atoms with E-state index in [4.69, 9.17) is 4.74 Å². The van der Waals surface area contributed by atoms with Crippen LogP contribution in [-0.4, -0.2) is 11.1 Å². The fourth-order valence-electron chi connectivity index (χ4n) is 2.56. The topological polar surface area (TPSA) is 43.4 Å². The van der Waals surface area contributed by atoms with E-state index in [1.807, 2.05) is 62.4 Å². The van der Waals surface area contributed by atoms with E-state index in [2.05, 4.69) is 0 Å². The van der Waals surface area contributed by atoms with Crippen LogP contribution in [0.3, 0.4) is 0 Å². The van der Waals surface area contributed by atoms with Crippen LogP contribution >= 0.6 is 11.8 Å². The minimum atomic E-state index is -0.451. The average molecular weight is 415 g/mol. The number of hydrogen-bond acceptors (Lipinski definition) is 4. The third kappa shape index (κ3) is 6.90. The molecule has 0 unspecified atom stereocenters. The second-order valence-electron chi connectivity index (χ2n) is 6.80. The first-order valence-electron chi connectivity index (χ1n) is 9.51. The highest BCUT2D eigenvalue weighted by Gasteiger charge is 2.04. The van der Waals surface area contributed by atoms with Crippen LogP contribution in [0.25, 0.3) is 12.2 Å². The molecule has 30 heavy (non-hydrogen) atoms. The molecule has 0 bridgehead atoms. The molecule has 0 amide bonds. The lowest BCUT2D eigenvalue weighted by atomic mass is 10.1. The monoisotopic (exact) mass is 414 g/mol. The molecule has 0 spiro atoms. The second-order valence-corrected chi connectivity index (χ2v) is 7.88. The molecule has 0 aliphatic heterocycles. The highest BCUT2D eigenvalue weighted by atomic mass is 32.2. The number of hydrogen-bond donors (Lipinski definition) is 0. The van der Waals surface area contributed by atoms with Crippen LogP contribution in [0.2, 0.25) is 0 Å². The predicted molar refractivity (Wildman–Crippen MR) is 123 cm³/mol. The second kappa shape index (κ2) is 10.4. The highest BCUT2D eigenvalue weighted by Crippen LogP contribution is 2.23. The van der Waals surface area contributed by atoms with Gasteiger partial charge in [0.1, 0.15) is 5.75 Å². The van der Waals surface area contributed by atoms with Crippen molar-refractivity contribution in [2.45, 2.75) is 18.7 Å². The number of aryl methyl sites for hydroxylation is 2. The number of carbonyl (C=O) groups is 2. The van der Waals surface area contributed by atoms with Crippen molar-refractivity contribution >= 4 is 35.0 Å². The van der Waals surface area contributed by atoms with Crippen molar-refractivity contribution in [2.75, 3.05) is 0 Å². The van der Waals surface area contributed by atoms with Gasteiger partial charge in [0.25, 0.3) is 0 Å². The molecule has 0 fully saturated rings. The lowest BCUT2D eigenvalue weighted by molar-refractivity contribution is -0.128. The minimum Gasteiger partial charge on any atom is -0.423 e. The fourth-order valence-corrected chi connectivity index (χ4v) is 3.20. The van der Waals surface area contributed by atoms with Gasteiger partial charge in [-0.3, -0.25) is 4.79 Å². The lowest BCUT2D eigenvalue weighted by Gasteiger charge is -2.03. The van der Waals surface area contributed by atoms with Crippen LogP contribution in [0.15, 0.2) is 89.8 Å². The molecule has 0 aliphatic rings. The number of rotatable bonds is 6. The van der Waals surface area contributed by atoms with E-state index in [0.29, 0.717) is 5.75 Å². The number of thioether (sulfide) groups is 1. The molecule has 3 aromatic carbocycles. The first-order valence-corrected chi connectivity index (χ1v) is 10.3. The summed E-state index contributed by atoms with van der Waals surface area (Å²) in [6.45, 7) is 4.04. The van der Waals surface area contributed by atoms with Gasteiger partial charge in [0.2, 0.25) is 5.12 Å². The molecule has 0 aromatic heterocycles. The quantitative estimate of drug-likeness (QED) is 0.207. The lowest BCUT2D eigenvalue weighted by Crippen LogP contribution is -2.03. The molecule has 150 valence electrons. The summed E-state index contributed by atoms with van der Waals surface area (Å²) in [5.41, 5.74) is 4.26. The van der Waals surface area contributed by atoms with Crippen molar-refractivity contribution in [3.63, 3.8) is 0 Å². The molecule has 3 rings (SSSR count). The van der Waals surface area contributed by atoms with Gasteiger partial charge in [0, 0.05) is 11.0 Å². The molecule has 4 heteroatoms. The SMILES string of the molecule is Cc1ccc(/C=C/C(=O)Oc2ccc(SC(=O)/C=C/c3ccc(C)cc3)cc2)cc1.